The summed E-state index contributed by atoms with van der Waals surface area (Å²) in [4.78, 5) is 11.5. The van der Waals surface area contributed by atoms with Crippen molar-refractivity contribution in [3.05, 3.63) is 30.1 Å². The van der Waals surface area contributed by atoms with Crippen LogP contribution in [0.1, 0.15) is 26.2 Å². The first kappa shape index (κ1) is 15.0. The molecule has 102 valence electrons. The molecule has 19 heavy (non-hydrogen) atoms. The first-order chi connectivity index (χ1) is 9.17. The molecule has 0 saturated heterocycles. The van der Waals surface area contributed by atoms with Crippen molar-refractivity contribution in [2.75, 3.05) is 6.61 Å². The molecule has 1 N–H and O–H groups in total. The van der Waals surface area contributed by atoms with Crippen molar-refractivity contribution in [2.24, 2.45) is 0 Å². The lowest BCUT2D eigenvalue weighted by Crippen LogP contribution is -2.33. The molecule has 0 bridgehead atoms. The van der Waals surface area contributed by atoms with E-state index in [0.29, 0.717) is 12.8 Å². The molecule has 1 aromatic carbocycles. The Morgan fingerprint density at radius 2 is 2.26 bits per heavy atom. The van der Waals surface area contributed by atoms with Gasteiger partial charge in [-0.1, -0.05) is 19.1 Å². The molecule has 0 radical (unpaired) electrons. The Morgan fingerprint density at radius 1 is 1.53 bits per heavy atom. The van der Waals surface area contributed by atoms with Gasteiger partial charge in [-0.2, -0.15) is 5.26 Å². The fourth-order valence-corrected chi connectivity index (χ4v) is 1.47. The lowest BCUT2D eigenvalue weighted by atomic mass is 10.2. The Labute approximate surface area is 112 Å². The van der Waals surface area contributed by atoms with Gasteiger partial charge in [0.05, 0.1) is 12.7 Å². The third kappa shape index (κ3) is 5.38. The van der Waals surface area contributed by atoms with E-state index in [2.05, 4.69) is 5.32 Å². The second kappa shape index (κ2) is 8.09. The third-order valence-corrected chi connectivity index (χ3v) is 2.54. The summed E-state index contributed by atoms with van der Waals surface area (Å²) >= 11 is 0. The second-order valence-corrected chi connectivity index (χ2v) is 4.04. The number of nitriles is 1. The molecular weight excluding hydrogens is 247 g/mol. The number of nitrogens with one attached hydrogen (secondary N) is 1. The fraction of sp³-hybridized carbons (Fsp3) is 0.429. The van der Waals surface area contributed by atoms with Crippen molar-refractivity contribution in [3.8, 4) is 11.8 Å². The molecule has 1 aromatic rings. The highest BCUT2D eigenvalue weighted by Gasteiger charge is 2.08. The van der Waals surface area contributed by atoms with E-state index in [1.165, 1.54) is 12.1 Å². The maximum absolute atomic E-state index is 13.2. The van der Waals surface area contributed by atoms with Gasteiger partial charge in [0.2, 0.25) is 5.91 Å². The summed E-state index contributed by atoms with van der Waals surface area (Å²) in [5, 5.41) is 11.3. The Balaban J connectivity index is 2.23. The zero-order valence-corrected chi connectivity index (χ0v) is 10.9. The van der Waals surface area contributed by atoms with Crippen molar-refractivity contribution in [3.63, 3.8) is 0 Å². The van der Waals surface area contributed by atoms with E-state index in [4.69, 9.17) is 10.00 Å². The van der Waals surface area contributed by atoms with Crippen LogP contribution in [0.4, 0.5) is 4.39 Å². The molecule has 1 atom stereocenters. The number of halogens is 1. The Kier molecular flexibility index (Phi) is 6.37. The molecule has 0 aliphatic carbocycles. The highest BCUT2D eigenvalue weighted by Crippen LogP contribution is 2.15. The number of nitrogens with zero attached hydrogens (tertiary/aromatic N) is 1. The van der Waals surface area contributed by atoms with E-state index < -0.39 is 11.9 Å². The van der Waals surface area contributed by atoms with Gasteiger partial charge < -0.3 is 10.1 Å². The lowest BCUT2D eigenvalue weighted by molar-refractivity contribution is -0.121. The topological polar surface area (TPSA) is 62.1 Å². The maximum Gasteiger partial charge on any atom is 0.221 e. The fourth-order valence-electron chi connectivity index (χ4n) is 1.47. The van der Waals surface area contributed by atoms with E-state index in [1.807, 2.05) is 13.0 Å². The number of ether oxygens (including phenoxy) is 1. The van der Waals surface area contributed by atoms with Crippen molar-refractivity contribution >= 4 is 5.91 Å². The zero-order valence-electron chi connectivity index (χ0n) is 10.9. The van der Waals surface area contributed by atoms with Gasteiger partial charge in [-0.3, -0.25) is 4.79 Å². The minimum absolute atomic E-state index is 0.186. The molecule has 0 heterocycles. The van der Waals surface area contributed by atoms with Crippen molar-refractivity contribution in [1.29, 1.82) is 5.26 Å². The average molecular weight is 264 g/mol. The predicted octanol–water partition coefficient (Wildman–Crippen LogP) is 2.40. The van der Waals surface area contributed by atoms with Crippen molar-refractivity contribution in [2.45, 2.75) is 32.2 Å². The Hall–Kier alpha value is -2.09. The third-order valence-electron chi connectivity index (χ3n) is 2.54. The molecule has 1 amide bonds. The van der Waals surface area contributed by atoms with Crippen LogP contribution in [-0.4, -0.2) is 18.6 Å². The molecule has 0 saturated carbocycles. The van der Waals surface area contributed by atoms with Crippen LogP contribution in [0.25, 0.3) is 0 Å². The van der Waals surface area contributed by atoms with Crippen molar-refractivity contribution < 1.29 is 13.9 Å². The summed E-state index contributed by atoms with van der Waals surface area (Å²) in [5.41, 5.74) is 0. The van der Waals surface area contributed by atoms with E-state index in [9.17, 15) is 9.18 Å². The summed E-state index contributed by atoms with van der Waals surface area (Å²) in [5.74, 6) is -0.417. The molecular formula is C14H17FN2O2. The van der Waals surface area contributed by atoms with Crippen LogP contribution in [0.5, 0.6) is 5.75 Å². The quantitative estimate of drug-likeness (QED) is 0.769. The Bertz CT molecular complexity index is 457. The van der Waals surface area contributed by atoms with Crippen LogP contribution in [0.3, 0.4) is 0 Å². The normalized spacial score (nSPS) is 11.4. The van der Waals surface area contributed by atoms with Gasteiger partial charge in [-0.25, -0.2) is 4.39 Å². The number of hydrogen-bond acceptors (Lipinski definition) is 3. The standard InChI is InChI=1S/C14H17FN2O2/c1-2-11(10-16)17-14(18)8-5-9-19-13-7-4-3-6-12(13)15/h3-4,6-7,11H,2,5,8-9H2,1H3,(H,17,18)/t11-/m1/s1. The molecule has 0 aromatic heterocycles. The number of benzene rings is 1. The molecule has 1 rings (SSSR count). The number of hydrogen-bond donors (Lipinski definition) is 1. The Morgan fingerprint density at radius 3 is 2.89 bits per heavy atom. The largest absolute Gasteiger partial charge is 0.491 e. The number of para-hydroxylation sites is 1. The first-order valence-electron chi connectivity index (χ1n) is 6.23. The molecule has 0 aliphatic heterocycles. The van der Waals surface area contributed by atoms with E-state index >= 15 is 0 Å². The van der Waals surface area contributed by atoms with Crippen LogP contribution in [0, 0.1) is 17.1 Å². The minimum atomic E-state index is -0.444. The van der Waals surface area contributed by atoms with Crippen LogP contribution >= 0.6 is 0 Å². The van der Waals surface area contributed by atoms with Gasteiger partial charge >= 0.3 is 0 Å². The van der Waals surface area contributed by atoms with Gasteiger partial charge in [0.1, 0.15) is 6.04 Å². The smallest absolute Gasteiger partial charge is 0.221 e. The summed E-state index contributed by atoms with van der Waals surface area (Å²) in [6.07, 6.45) is 1.31. The van der Waals surface area contributed by atoms with Gasteiger partial charge in [0.15, 0.2) is 11.6 Å². The monoisotopic (exact) mass is 264 g/mol. The molecule has 0 fully saturated rings. The van der Waals surface area contributed by atoms with Gasteiger partial charge in [-0.05, 0) is 25.0 Å². The van der Waals surface area contributed by atoms with E-state index in [1.54, 1.807) is 12.1 Å². The lowest BCUT2D eigenvalue weighted by Gasteiger charge is -2.09. The highest BCUT2D eigenvalue weighted by atomic mass is 19.1. The second-order valence-electron chi connectivity index (χ2n) is 4.04. The maximum atomic E-state index is 13.2. The molecule has 4 nitrogen and oxygen atoms in total. The summed E-state index contributed by atoms with van der Waals surface area (Å²) < 4.78 is 18.4. The zero-order chi connectivity index (χ0) is 14.1. The van der Waals surface area contributed by atoms with Crippen LogP contribution in [0.15, 0.2) is 24.3 Å². The van der Waals surface area contributed by atoms with Crippen LogP contribution in [0.2, 0.25) is 0 Å². The number of carbonyl (C=O) groups is 1. The molecule has 0 unspecified atom stereocenters. The molecule has 0 aliphatic rings. The van der Waals surface area contributed by atoms with E-state index in [-0.39, 0.29) is 24.7 Å². The van der Waals surface area contributed by atoms with Gasteiger partial charge in [0.25, 0.3) is 0 Å². The SMILES string of the molecule is CC[C@H](C#N)NC(=O)CCCOc1ccccc1F. The minimum Gasteiger partial charge on any atom is -0.491 e. The number of amides is 1. The van der Waals surface area contributed by atoms with Crippen LogP contribution < -0.4 is 10.1 Å². The summed E-state index contributed by atoms with van der Waals surface area (Å²) in [7, 11) is 0. The summed E-state index contributed by atoms with van der Waals surface area (Å²) in [6.45, 7) is 2.09. The first-order valence-corrected chi connectivity index (χ1v) is 6.23. The molecule has 0 spiro atoms. The van der Waals surface area contributed by atoms with Crippen molar-refractivity contribution in [1.82, 2.24) is 5.32 Å². The van der Waals surface area contributed by atoms with Gasteiger partial charge in [0, 0.05) is 6.42 Å². The summed E-state index contributed by atoms with van der Waals surface area (Å²) in [6, 6.07) is 7.68. The average Bonchev–Trinajstić information content (AvgIpc) is 2.42. The highest BCUT2D eigenvalue weighted by molar-refractivity contribution is 5.76. The van der Waals surface area contributed by atoms with E-state index in [0.717, 1.165) is 0 Å². The molecule has 5 heteroatoms. The van der Waals surface area contributed by atoms with Crippen LogP contribution in [-0.2, 0) is 4.79 Å². The number of rotatable bonds is 7. The van der Waals surface area contributed by atoms with Gasteiger partial charge in [-0.15, -0.1) is 0 Å². The predicted molar refractivity (Wildman–Crippen MR) is 69.0 cm³/mol. The number of carbonyl (C=O) groups excluding carboxylic acids is 1.